The zero-order chi connectivity index (χ0) is 14.5. The second-order valence-electron chi connectivity index (χ2n) is 5.56. The van der Waals surface area contributed by atoms with Crippen LogP contribution in [0.5, 0.6) is 0 Å². The Morgan fingerprint density at radius 2 is 2.00 bits per heavy atom. The molecule has 0 spiro atoms. The van der Waals surface area contributed by atoms with E-state index in [1.807, 2.05) is 25.9 Å². The van der Waals surface area contributed by atoms with E-state index in [4.69, 9.17) is 0 Å². The Morgan fingerprint density at radius 3 is 2.50 bits per heavy atom. The van der Waals surface area contributed by atoms with Gasteiger partial charge in [0.25, 0.3) is 0 Å². The molecule has 1 fully saturated rings. The molecule has 1 aliphatic rings. The third kappa shape index (κ3) is 3.51. The molecule has 0 saturated carbocycles. The number of hydrogen-bond donors (Lipinski definition) is 1. The Labute approximate surface area is 121 Å². The van der Waals surface area contributed by atoms with E-state index in [2.05, 4.69) is 34.5 Å². The molecule has 1 saturated heterocycles. The first kappa shape index (κ1) is 14.9. The monoisotopic (exact) mass is 275 g/mol. The van der Waals surface area contributed by atoms with Crippen LogP contribution in [0.4, 0.5) is 5.69 Å². The minimum atomic E-state index is 0.0241. The minimum absolute atomic E-state index is 0.0241. The van der Waals surface area contributed by atoms with Crippen LogP contribution < -0.4 is 10.2 Å². The van der Waals surface area contributed by atoms with Crippen molar-refractivity contribution in [3.8, 4) is 0 Å². The molecule has 0 aromatic heterocycles. The SMILES string of the molecule is CCN(Cc1ccc(N(C)C)cc1)C(=O)[C@@H]1CCCN1. The number of amides is 1. The van der Waals surface area contributed by atoms with Crippen LogP contribution in [0, 0.1) is 0 Å². The molecule has 1 heterocycles. The average Bonchev–Trinajstić information content (AvgIpc) is 2.98. The fourth-order valence-corrected chi connectivity index (χ4v) is 2.58. The molecular formula is C16H25N3O. The standard InChI is InChI=1S/C16H25N3O/c1-4-19(16(20)15-6-5-11-17-15)12-13-7-9-14(10-8-13)18(2)3/h7-10,15,17H,4-6,11-12H2,1-3H3/t15-/m0/s1. The van der Waals surface area contributed by atoms with Crippen molar-refractivity contribution in [1.29, 1.82) is 0 Å². The average molecular weight is 275 g/mol. The number of carbonyl (C=O) groups excluding carboxylic acids is 1. The molecule has 1 N–H and O–H groups in total. The quantitative estimate of drug-likeness (QED) is 0.891. The van der Waals surface area contributed by atoms with Crippen LogP contribution in [0.15, 0.2) is 24.3 Å². The summed E-state index contributed by atoms with van der Waals surface area (Å²) in [4.78, 5) is 16.4. The molecule has 1 aromatic rings. The van der Waals surface area contributed by atoms with Crippen molar-refractivity contribution in [2.75, 3.05) is 32.1 Å². The molecule has 4 nitrogen and oxygen atoms in total. The lowest BCUT2D eigenvalue weighted by atomic mass is 10.1. The summed E-state index contributed by atoms with van der Waals surface area (Å²) in [7, 11) is 4.06. The molecule has 1 amide bonds. The van der Waals surface area contributed by atoms with E-state index >= 15 is 0 Å². The second kappa shape index (κ2) is 6.75. The minimum Gasteiger partial charge on any atom is -0.378 e. The molecular weight excluding hydrogens is 250 g/mol. The largest absolute Gasteiger partial charge is 0.378 e. The van der Waals surface area contributed by atoms with E-state index in [0.717, 1.165) is 25.9 Å². The van der Waals surface area contributed by atoms with Crippen LogP contribution in [0.25, 0.3) is 0 Å². The van der Waals surface area contributed by atoms with Gasteiger partial charge in [-0.15, -0.1) is 0 Å². The number of rotatable bonds is 5. The predicted molar refractivity (Wildman–Crippen MR) is 82.9 cm³/mol. The molecule has 1 aromatic carbocycles. The smallest absolute Gasteiger partial charge is 0.239 e. The van der Waals surface area contributed by atoms with Crippen LogP contribution in [0.3, 0.4) is 0 Å². The maximum absolute atomic E-state index is 12.4. The van der Waals surface area contributed by atoms with Gasteiger partial charge in [0.05, 0.1) is 6.04 Å². The molecule has 1 atom stereocenters. The fourth-order valence-electron chi connectivity index (χ4n) is 2.58. The first-order chi connectivity index (χ1) is 9.61. The summed E-state index contributed by atoms with van der Waals surface area (Å²) in [5.74, 6) is 0.238. The van der Waals surface area contributed by atoms with E-state index in [0.29, 0.717) is 6.54 Å². The highest BCUT2D eigenvalue weighted by Crippen LogP contribution is 2.15. The summed E-state index contributed by atoms with van der Waals surface area (Å²) in [5.41, 5.74) is 2.37. The van der Waals surface area contributed by atoms with E-state index in [9.17, 15) is 4.79 Å². The molecule has 1 aliphatic heterocycles. The summed E-state index contributed by atoms with van der Waals surface area (Å²) in [6.07, 6.45) is 2.07. The fraction of sp³-hybridized carbons (Fsp3) is 0.562. The Kier molecular flexibility index (Phi) is 5.01. The van der Waals surface area contributed by atoms with Gasteiger partial charge in [-0.3, -0.25) is 4.79 Å². The van der Waals surface area contributed by atoms with Gasteiger partial charge in [-0.2, -0.15) is 0 Å². The van der Waals surface area contributed by atoms with E-state index < -0.39 is 0 Å². The number of anilines is 1. The Balaban J connectivity index is 2.00. The highest BCUT2D eigenvalue weighted by atomic mass is 16.2. The summed E-state index contributed by atoms with van der Waals surface area (Å²) >= 11 is 0. The van der Waals surface area contributed by atoms with Crippen molar-refractivity contribution in [1.82, 2.24) is 10.2 Å². The molecule has 0 aliphatic carbocycles. The van der Waals surface area contributed by atoms with Gasteiger partial charge in [-0.1, -0.05) is 12.1 Å². The first-order valence-corrected chi connectivity index (χ1v) is 7.40. The van der Waals surface area contributed by atoms with Crippen molar-refractivity contribution < 1.29 is 4.79 Å². The maximum Gasteiger partial charge on any atom is 0.239 e. The lowest BCUT2D eigenvalue weighted by Gasteiger charge is -2.24. The van der Waals surface area contributed by atoms with Crippen molar-refractivity contribution in [3.63, 3.8) is 0 Å². The van der Waals surface area contributed by atoms with Gasteiger partial charge in [0, 0.05) is 32.9 Å². The number of hydrogen-bond acceptors (Lipinski definition) is 3. The predicted octanol–water partition coefficient (Wildman–Crippen LogP) is 1.85. The normalized spacial score (nSPS) is 18.1. The molecule has 0 radical (unpaired) electrons. The van der Waals surface area contributed by atoms with Gasteiger partial charge in [0.15, 0.2) is 0 Å². The van der Waals surface area contributed by atoms with E-state index in [1.165, 1.54) is 11.3 Å². The van der Waals surface area contributed by atoms with Gasteiger partial charge in [0.1, 0.15) is 0 Å². The summed E-state index contributed by atoms with van der Waals surface area (Å²) in [5, 5.41) is 3.28. The molecule has 20 heavy (non-hydrogen) atoms. The summed E-state index contributed by atoms with van der Waals surface area (Å²) < 4.78 is 0. The third-order valence-corrected chi connectivity index (χ3v) is 3.88. The van der Waals surface area contributed by atoms with Crippen LogP contribution in [0.2, 0.25) is 0 Å². The number of nitrogens with zero attached hydrogens (tertiary/aromatic N) is 2. The lowest BCUT2D eigenvalue weighted by Crippen LogP contribution is -2.43. The molecule has 110 valence electrons. The van der Waals surface area contributed by atoms with Crippen molar-refractivity contribution in [3.05, 3.63) is 29.8 Å². The van der Waals surface area contributed by atoms with E-state index in [1.54, 1.807) is 0 Å². The Bertz CT molecular complexity index is 436. The van der Waals surface area contributed by atoms with E-state index in [-0.39, 0.29) is 11.9 Å². The summed E-state index contributed by atoms with van der Waals surface area (Å²) in [6.45, 7) is 4.46. The molecule has 0 bridgehead atoms. The van der Waals surface area contributed by atoms with Gasteiger partial charge < -0.3 is 15.1 Å². The van der Waals surface area contributed by atoms with Crippen molar-refractivity contribution >= 4 is 11.6 Å². The molecule has 4 heteroatoms. The van der Waals surface area contributed by atoms with Crippen LogP contribution in [-0.4, -0.2) is 44.0 Å². The number of nitrogens with one attached hydrogen (secondary N) is 1. The topological polar surface area (TPSA) is 35.6 Å². The Morgan fingerprint density at radius 1 is 1.30 bits per heavy atom. The number of carbonyl (C=O) groups is 1. The van der Waals surface area contributed by atoms with Gasteiger partial charge in [-0.05, 0) is 44.0 Å². The highest BCUT2D eigenvalue weighted by Gasteiger charge is 2.25. The summed E-state index contributed by atoms with van der Waals surface area (Å²) in [6, 6.07) is 8.43. The number of likely N-dealkylation sites (N-methyl/N-ethyl adjacent to an activating group) is 1. The van der Waals surface area contributed by atoms with Crippen LogP contribution in [-0.2, 0) is 11.3 Å². The van der Waals surface area contributed by atoms with Crippen molar-refractivity contribution in [2.45, 2.75) is 32.4 Å². The Hall–Kier alpha value is -1.55. The molecule has 2 rings (SSSR count). The molecule has 0 unspecified atom stereocenters. The zero-order valence-electron chi connectivity index (χ0n) is 12.7. The maximum atomic E-state index is 12.4. The lowest BCUT2D eigenvalue weighted by molar-refractivity contribution is -0.133. The van der Waals surface area contributed by atoms with Gasteiger partial charge >= 0.3 is 0 Å². The number of benzene rings is 1. The first-order valence-electron chi connectivity index (χ1n) is 7.40. The second-order valence-corrected chi connectivity index (χ2v) is 5.56. The van der Waals surface area contributed by atoms with Crippen LogP contribution >= 0.6 is 0 Å². The van der Waals surface area contributed by atoms with Gasteiger partial charge in [0.2, 0.25) is 5.91 Å². The van der Waals surface area contributed by atoms with Gasteiger partial charge in [-0.25, -0.2) is 0 Å². The third-order valence-electron chi connectivity index (χ3n) is 3.88. The van der Waals surface area contributed by atoms with Crippen LogP contribution in [0.1, 0.15) is 25.3 Å². The van der Waals surface area contributed by atoms with Crippen molar-refractivity contribution in [2.24, 2.45) is 0 Å². The zero-order valence-corrected chi connectivity index (χ0v) is 12.7. The highest BCUT2D eigenvalue weighted by molar-refractivity contribution is 5.82.